The summed E-state index contributed by atoms with van der Waals surface area (Å²) in [6, 6.07) is 56.3. The maximum Gasteiger partial charge on any atom is 0.0406 e. The molecule has 0 unspecified atom stereocenters. The van der Waals surface area contributed by atoms with Crippen LogP contribution in [0.15, 0.2) is 158 Å². The molecule has 0 aliphatic heterocycles. The maximum atomic E-state index is 6.37. The van der Waals surface area contributed by atoms with Crippen molar-refractivity contribution in [1.82, 2.24) is 0 Å². The number of rotatable bonds is 5. The van der Waals surface area contributed by atoms with Crippen molar-refractivity contribution in [1.29, 1.82) is 0 Å². The van der Waals surface area contributed by atoms with E-state index in [1.165, 1.54) is 66.4 Å². The molecule has 0 heterocycles. The Morgan fingerprint density at radius 2 is 0.786 bits per heavy atom. The lowest BCUT2D eigenvalue weighted by atomic mass is 9.77. The highest BCUT2D eigenvalue weighted by molar-refractivity contribution is 6.30. The Morgan fingerprint density at radius 3 is 1.26 bits per heavy atom. The van der Waals surface area contributed by atoms with E-state index in [9.17, 15) is 0 Å². The maximum absolute atomic E-state index is 6.37. The zero-order chi connectivity index (χ0) is 28.5. The molecule has 0 aliphatic carbocycles. The van der Waals surface area contributed by atoms with Gasteiger partial charge in [0.1, 0.15) is 0 Å². The Balaban J connectivity index is 1.80. The molecule has 0 aromatic heterocycles. The number of aryl methyl sites for hydroxylation is 1. The molecule has 0 radical (unpaired) electrons. The van der Waals surface area contributed by atoms with Crippen LogP contribution in [0.3, 0.4) is 0 Å². The van der Waals surface area contributed by atoms with Crippen molar-refractivity contribution >= 4 is 22.4 Å². The first kappa shape index (κ1) is 26.0. The molecule has 200 valence electrons. The van der Waals surface area contributed by atoms with Gasteiger partial charge in [0, 0.05) is 5.02 Å². The summed E-state index contributed by atoms with van der Waals surface area (Å²) < 4.78 is 0. The van der Waals surface area contributed by atoms with Crippen molar-refractivity contribution in [2.24, 2.45) is 0 Å². The van der Waals surface area contributed by atoms with E-state index in [0.717, 1.165) is 10.6 Å². The molecule has 7 rings (SSSR count). The number of hydrogen-bond donors (Lipinski definition) is 0. The molecule has 0 nitrogen and oxygen atoms in total. The topological polar surface area (TPSA) is 0 Å². The largest absolute Gasteiger partial charge is 0.0843 e. The van der Waals surface area contributed by atoms with E-state index in [4.69, 9.17) is 11.6 Å². The van der Waals surface area contributed by atoms with Crippen LogP contribution in [-0.2, 0) is 0 Å². The molecule has 0 atom stereocenters. The van der Waals surface area contributed by atoms with Crippen LogP contribution in [0.1, 0.15) is 5.56 Å². The Kier molecular flexibility index (Phi) is 6.92. The van der Waals surface area contributed by atoms with Crippen molar-refractivity contribution in [2.75, 3.05) is 0 Å². The molecular weight excluding hydrogens is 528 g/mol. The molecular formula is C41H29Cl. The molecule has 1 heteroatoms. The van der Waals surface area contributed by atoms with Gasteiger partial charge in [0.05, 0.1) is 0 Å². The van der Waals surface area contributed by atoms with E-state index in [1.54, 1.807) is 0 Å². The van der Waals surface area contributed by atoms with Gasteiger partial charge < -0.3 is 0 Å². The van der Waals surface area contributed by atoms with Gasteiger partial charge in [-0.2, -0.15) is 0 Å². The van der Waals surface area contributed by atoms with Crippen LogP contribution in [-0.4, -0.2) is 0 Å². The molecule has 0 fully saturated rings. The van der Waals surface area contributed by atoms with E-state index in [2.05, 4.69) is 153 Å². The van der Waals surface area contributed by atoms with E-state index >= 15 is 0 Å². The average molecular weight is 557 g/mol. The van der Waals surface area contributed by atoms with E-state index < -0.39 is 0 Å². The van der Waals surface area contributed by atoms with Gasteiger partial charge in [-0.3, -0.25) is 0 Å². The van der Waals surface area contributed by atoms with Crippen LogP contribution in [0.2, 0.25) is 5.02 Å². The fraction of sp³-hybridized carbons (Fsp3) is 0.0244. The summed E-state index contributed by atoms with van der Waals surface area (Å²) in [5.74, 6) is 0. The molecule has 0 aliphatic rings. The highest BCUT2D eigenvalue weighted by Gasteiger charge is 2.25. The van der Waals surface area contributed by atoms with Crippen molar-refractivity contribution in [3.63, 3.8) is 0 Å². The lowest BCUT2D eigenvalue weighted by Gasteiger charge is -2.26. The van der Waals surface area contributed by atoms with Crippen LogP contribution in [0, 0.1) is 6.92 Å². The molecule has 42 heavy (non-hydrogen) atoms. The molecule has 0 N–H and O–H groups in total. The monoisotopic (exact) mass is 556 g/mol. The van der Waals surface area contributed by atoms with Gasteiger partial charge in [0.15, 0.2) is 0 Å². The van der Waals surface area contributed by atoms with Gasteiger partial charge in [-0.15, -0.1) is 0 Å². The summed E-state index contributed by atoms with van der Waals surface area (Å²) >= 11 is 6.37. The Hall–Kier alpha value is -4.91. The first-order valence-corrected chi connectivity index (χ1v) is 14.7. The lowest BCUT2D eigenvalue weighted by molar-refractivity contribution is 1.49. The summed E-state index contributed by atoms with van der Waals surface area (Å²) in [4.78, 5) is 0. The summed E-state index contributed by atoms with van der Waals surface area (Å²) in [5, 5.41) is 3.22. The minimum Gasteiger partial charge on any atom is -0.0843 e. The van der Waals surface area contributed by atoms with E-state index in [1.807, 2.05) is 12.1 Å². The van der Waals surface area contributed by atoms with Gasteiger partial charge in [-0.05, 0) is 91.0 Å². The second kappa shape index (κ2) is 11.2. The van der Waals surface area contributed by atoms with Crippen molar-refractivity contribution in [2.45, 2.75) is 6.92 Å². The third-order valence-corrected chi connectivity index (χ3v) is 8.21. The second-order valence-electron chi connectivity index (χ2n) is 10.7. The lowest BCUT2D eigenvalue weighted by Crippen LogP contribution is -1.99. The highest BCUT2D eigenvalue weighted by atomic mass is 35.5. The zero-order valence-electron chi connectivity index (χ0n) is 23.4. The highest BCUT2D eigenvalue weighted by Crippen LogP contribution is 2.53. The molecule has 0 bridgehead atoms. The third kappa shape index (κ3) is 4.71. The van der Waals surface area contributed by atoms with E-state index in [0.29, 0.717) is 0 Å². The minimum atomic E-state index is 0.736. The van der Waals surface area contributed by atoms with Gasteiger partial charge in [-0.1, -0.05) is 157 Å². The van der Waals surface area contributed by atoms with Crippen molar-refractivity contribution < 1.29 is 0 Å². The first-order valence-electron chi connectivity index (χ1n) is 14.3. The Labute approximate surface area is 252 Å². The Morgan fingerprint density at radius 1 is 0.381 bits per heavy atom. The van der Waals surface area contributed by atoms with Crippen molar-refractivity contribution in [3.05, 3.63) is 168 Å². The number of hydrogen-bond acceptors (Lipinski definition) is 0. The number of fused-ring (bicyclic) bond motifs is 1. The molecule has 0 saturated carbocycles. The molecule has 7 aromatic carbocycles. The standard InChI is InChI=1S/C41H29Cl/c1-28-26-35(29-22-24-34(42)25-23-29)41-36(27-28)37(30-14-6-2-7-15-30)38(31-16-8-3-9-17-31)39(32-18-10-4-11-19-32)40(41)33-20-12-5-13-21-33/h2-27H,1H3. The van der Waals surface area contributed by atoms with Gasteiger partial charge in [0.2, 0.25) is 0 Å². The summed E-state index contributed by atoms with van der Waals surface area (Å²) in [7, 11) is 0. The van der Waals surface area contributed by atoms with Crippen LogP contribution < -0.4 is 0 Å². The fourth-order valence-electron chi connectivity index (χ4n) is 6.20. The fourth-order valence-corrected chi connectivity index (χ4v) is 6.33. The minimum absolute atomic E-state index is 0.736. The molecule has 0 spiro atoms. The smallest absolute Gasteiger partial charge is 0.0406 e. The SMILES string of the molecule is Cc1cc(-c2ccc(Cl)cc2)c2c(-c3ccccc3)c(-c3ccccc3)c(-c3ccccc3)c(-c3ccccc3)c2c1. The van der Waals surface area contributed by atoms with E-state index in [-0.39, 0.29) is 0 Å². The van der Waals surface area contributed by atoms with Gasteiger partial charge in [-0.25, -0.2) is 0 Å². The normalized spacial score (nSPS) is 11.1. The third-order valence-electron chi connectivity index (χ3n) is 7.96. The Bertz CT molecular complexity index is 1990. The predicted octanol–water partition coefficient (Wildman–Crippen LogP) is 12.1. The summed E-state index contributed by atoms with van der Waals surface area (Å²) in [6.07, 6.45) is 0. The van der Waals surface area contributed by atoms with Crippen molar-refractivity contribution in [3.8, 4) is 55.6 Å². The molecule has 0 amide bonds. The van der Waals surface area contributed by atoms with Crippen LogP contribution >= 0.6 is 11.6 Å². The quantitative estimate of drug-likeness (QED) is 0.198. The first-order chi connectivity index (χ1) is 20.7. The average Bonchev–Trinajstić information content (AvgIpc) is 3.05. The number of halogens is 1. The summed E-state index contributed by atoms with van der Waals surface area (Å²) in [5.41, 5.74) is 13.3. The zero-order valence-corrected chi connectivity index (χ0v) is 24.1. The van der Waals surface area contributed by atoms with Gasteiger partial charge in [0.25, 0.3) is 0 Å². The summed E-state index contributed by atoms with van der Waals surface area (Å²) in [6.45, 7) is 2.20. The van der Waals surface area contributed by atoms with Crippen LogP contribution in [0.4, 0.5) is 0 Å². The number of benzene rings is 7. The second-order valence-corrected chi connectivity index (χ2v) is 11.1. The molecule has 0 saturated heterocycles. The molecule has 7 aromatic rings. The van der Waals surface area contributed by atoms with Crippen LogP contribution in [0.5, 0.6) is 0 Å². The predicted molar refractivity (Wildman–Crippen MR) is 181 cm³/mol. The van der Waals surface area contributed by atoms with Crippen LogP contribution in [0.25, 0.3) is 66.4 Å². The van der Waals surface area contributed by atoms with Gasteiger partial charge >= 0.3 is 0 Å².